The molecular formula is C30H35BrClN3O6S. The number of carbonyl (C=O) groups is 2. The average Bonchev–Trinajstić information content (AvgIpc) is 2.98. The molecule has 0 aliphatic heterocycles. The summed E-state index contributed by atoms with van der Waals surface area (Å²) in [7, 11) is -1.44. The highest BCUT2D eigenvalue weighted by atomic mass is 79.9. The monoisotopic (exact) mass is 679 g/mol. The lowest BCUT2D eigenvalue weighted by Gasteiger charge is -2.32. The number of ether oxygens (including phenoxy) is 2. The highest BCUT2D eigenvalue weighted by Crippen LogP contribution is 2.32. The van der Waals surface area contributed by atoms with Crippen molar-refractivity contribution in [2.45, 2.75) is 44.2 Å². The number of methoxy groups -OCH3 is 2. The molecule has 1 N–H and O–H groups in total. The molecule has 0 unspecified atom stereocenters. The molecule has 9 nitrogen and oxygen atoms in total. The number of nitrogens with one attached hydrogen (secondary N) is 1. The van der Waals surface area contributed by atoms with Crippen molar-refractivity contribution in [2.75, 3.05) is 31.6 Å². The van der Waals surface area contributed by atoms with Crippen molar-refractivity contribution in [1.29, 1.82) is 0 Å². The number of nitrogens with zero attached hydrogens (tertiary/aromatic N) is 2. The van der Waals surface area contributed by atoms with Gasteiger partial charge in [-0.1, -0.05) is 53.0 Å². The number of rotatable bonds is 14. The maximum absolute atomic E-state index is 14.1. The van der Waals surface area contributed by atoms with E-state index in [0.717, 1.165) is 27.2 Å². The SMILES string of the molecule is CCCCNC(=O)[C@@H](C)N(Cc1cccc(Br)c1)C(=O)CN(c1ccc(Cl)cc1)S(=O)(=O)c1ccc(OC)c(OC)c1. The van der Waals surface area contributed by atoms with Crippen LogP contribution in [0.5, 0.6) is 11.5 Å². The lowest BCUT2D eigenvalue weighted by Crippen LogP contribution is -2.51. The number of hydrogen-bond donors (Lipinski definition) is 1. The van der Waals surface area contributed by atoms with Crippen LogP contribution in [0.25, 0.3) is 0 Å². The number of hydrogen-bond acceptors (Lipinski definition) is 6. The van der Waals surface area contributed by atoms with Gasteiger partial charge >= 0.3 is 0 Å². The van der Waals surface area contributed by atoms with Crippen molar-refractivity contribution in [3.05, 3.63) is 81.8 Å². The van der Waals surface area contributed by atoms with Gasteiger partial charge in [0.1, 0.15) is 12.6 Å². The van der Waals surface area contributed by atoms with Gasteiger partial charge in [0.05, 0.1) is 24.8 Å². The minimum Gasteiger partial charge on any atom is -0.493 e. The summed E-state index contributed by atoms with van der Waals surface area (Å²) in [4.78, 5) is 28.4. The molecule has 3 aromatic carbocycles. The zero-order valence-electron chi connectivity index (χ0n) is 24.0. The second kappa shape index (κ2) is 15.3. The first-order chi connectivity index (χ1) is 20.0. The number of sulfonamides is 1. The van der Waals surface area contributed by atoms with E-state index in [9.17, 15) is 18.0 Å². The van der Waals surface area contributed by atoms with Gasteiger partial charge in [0.25, 0.3) is 10.0 Å². The smallest absolute Gasteiger partial charge is 0.264 e. The standard InChI is InChI=1S/C30H35BrClN3O6S/c1-5-6-16-33-30(37)21(2)34(19-22-8-7-9-23(31)17-22)29(36)20-35(25-12-10-24(32)11-13-25)42(38,39)26-14-15-27(40-3)28(18-26)41-4/h7-15,17-18,21H,5-6,16,19-20H2,1-4H3,(H,33,37)/t21-/m1/s1. The lowest BCUT2D eigenvalue weighted by molar-refractivity contribution is -0.139. The van der Waals surface area contributed by atoms with Crippen LogP contribution < -0.4 is 19.1 Å². The third kappa shape index (κ3) is 8.39. The molecule has 0 aliphatic rings. The minimum absolute atomic E-state index is 0.0888. The van der Waals surface area contributed by atoms with E-state index in [4.69, 9.17) is 21.1 Å². The van der Waals surface area contributed by atoms with Gasteiger partial charge in [-0.05, 0) is 67.4 Å². The molecule has 0 fully saturated rings. The third-order valence-corrected chi connectivity index (χ3v) is 9.09. The van der Waals surface area contributed by atoms with Gasteiger partial charge in [0.15, 0.2) is 11.5 Å². The van der Waals surface area contributed by atoms with E-state index < -0.39 is 28.5 Å². The summed E-state index contributed by atoms with van der Waals surface area (Å²) < 4.78 is 40.5. The van der Waals surface area contributed by atoms with E-state index >= 15 is 0 Å². The molecule has 0 bridgehead atoms. The number of unbranched alkanes of at least 4 members (excludes halogenated alkanes) is 1. The summed E-state index contributed by atoms with van der Waals surface area (Å²) >= 11 is 9.53. The van der Waals surface area contributed by atoms with Gasteiger partial charge in [-0.25, -0.2) is 8.42 Å². The van der Waals surface area contributed by atoms with Crippen LogP contribution in [-0.4, -0.2) is 58.5 Å². The molecule has 0 radical (unpaired) electrons. The number of halogens is 2. The molecule has 3 aromatic rings. The summed E-state index contributed by atoms with van der Waals surface area (Å²) in [6, 6.07) is 16.8. The first-order valence-electron chi connectivity index (χ1n) is 13.3. The Morgan fingerprint density at radius 2 is 1.69 bits per heavy atom. The van der Waals surface area contributed by atoms with Crippen LogP contribution in [0, 0.1) is 0 Å². The molecular weight excluding hydrogens is 646 g/mol. The van der Waals surface area contributed by atoms with Crippen LogP contribution in [0.3, 0.4) is 0 Å². The molecule has 12 heteroatoms. The van der Waals surface area contributed by atoms with Gasteiger partial charge in [-0.3, -0.25) is 13.9 Å². The maximum Gasteiger partial charge on any atom is 0.264 e. The average molecular weight is 681 g/mol. The van der Waals surface area contributed by atoms with Crippen molar-refractivity contribution in [3.8, 4) is 11.5 Å². The number of amides is 2. The largest absolute Gasteiger partial charge is 0.493 e. The molecule has 0 aromatic heterocycles. The molecule has 0 saturated carbocycles. The fraction of sp³-hybridized carbons (Fsp3) is 0.333. The molecule has 42 heavy (non-hydrogen) atoms. The van der Waals surface area contributed by atoms with Crippen LogP contribution in [-0.2, 0) is 26.2 Å². The summed E-state index contributed by atoms with van der Waals surface area (Å²) in [5, 5.41) is 3.28. The van der Waals surface area contributed by atoms with Crippen molar-refractivity contribution in [1.82, 2.24) is 10.2 Å². The maximum atomic E-state index is 14.1. The third-order valence-electron chi connectivity index (χ3n) is 6.58. The fourth-order valence-corrected chi connectivity index (χ4v) is 6.19. The van der Waals surface area contributed by atoms with Crippen molar-refractivity contribution in [2.24, 2.45) is 0 Å². The molecule has 3 rings (SSSR count). The Morgan fingerprint density at radius 1 is 1.00 bits per heavy atom. The lowest BCUT2D eigenvalue weighted by atomic mass is 10.1. The molecule has 226 valence electrons. The highest BCUT2D eigenvalue weighted by Gasteiger charge is 2.33. The van der Waals surface area contributed by atoms with Gasteiger partial charge in [0.2, 0.25) is 11.8 Å². The van der Waals surface area contributed by atoms with E-state index in [1.54, 1.807) is 19.1 Å². The molecule has 0 aliphatic carbocycles. The Morgan fingerprint density at radius 3 is 2.31 bits per heavy atom. The number of carbonyl (C=O) groups excluding carboxylic acids is 2. The van der Waals surface area contributed by atoms with Crippen LogP contribution in [0.2, 0.25) is 5.02 Å². The first kappa shape index (κ1) is 33.2. The quantitative estimate of drug-likeness (QED) is 0.221. The van der Waals surface area contributed by atoms with E-state index in [1.165, 1.54) is 49.5 Å². The minimum atomic E-state index is -4.30. The Bertz CT molecular complexity index is 1490. The van der Waals surface area contributed by atoms with Gasteiger partial charge in [-0.15, -0.1) is 0 Å². The van der Waals surface area contributed by atoms with Crippen LogP contribution in [0.1, 0.15) is 32.3 Å². The Labute approximate surface area is 260 Å². The van der Waals surface area contributed by atoms with E-state index in [0.29, 0.717) is 17.3 Å². The number of anilines is 1. The van der Waals surface area contributed by atoms with Gasteiger partial charge in [0, 0.05) is 28.7 Å². The van der Waals surface area contributed by atoms with Crippen molar-refractivity contribution in [3.63, 3.8) is 0 Å². The zero-order chi connectivity index (χ0) is 30.9. The summed E-state index contributed by atoms with van der Waals surface area (Å²) in [6.45, 7) is 3.64. The second-order valence-corrected chi connectivity index (χ2v) is 12.7. The summed E-state index contributed by atoms with van der Waals surface area (Å²) in [5.74, 6) is -0.317. The van der Waals surface area contributed by atoms with Gasteiger partial charge in [-0.2, -0.15) is 0 Å². The molecule has 0 saturated heterocycles. The fourth-order valence-electron chi connectivity index (χ4n) is 4.19. The molecule has 2 amide bonds. The van der Waals surface area contributed by atoms with Crippen LogP contribution in [0.4, 0.5) is 5.69 Å². The Hall–Kier alpha value is -3.28. The van der Waals surface area contributed by atoms with Crippen molar-refractivity contribution >= 4 is 55.1 Å². The van der Waals surface area contributed by atoms with Crippen molar-refractivity contribution < 1.29 is 27.5 Å². The van der Waals surface area contributed by atoms with E-state index in [-0.39, 0.29) is 28.8 Å². The summed E-state index contributed by atoms with van der Waals surface area (Å²) in [5.41, 5.74) is 0.997. The topological polar surface area (TPSA) is 105 Å². The molecule has 0 spiro atoms. The van der Waals surface area contributed by atoms with Crippen LogP contribution in [0.15, 0.2) is 76.1 Å². The highest BCUT2D eigenvalue weighted by molar-refractivity contribution is 9.10. The Kier molecular flexibility index (Phi) is 12.1. The predicted octanol–water partition coefficient (Wildman–Crippen LogP) is 5.65. The normalized spacial score (nSPS) is 11.9. The second-order valence-electron chi connectivity index (χ2n) is 9.48. The van der Waals surface area contributed by atoms with Gasteiger partial charge < -0.3 is 19.7 Å². The van der Waals surface area contributed by atoms with E-state index in [1.807, 2.05) is 31.2 Å². The zero-order valence-corrected chi connectivity index (χ0v) is 27.1. The molecule has 0 heterocycles. The van der Waals surface area contributed by atoms with E-state index in [2.05, 4.69) is 21.2 Å². The Balaban J connectivity index is 2.04. The molecule has 1 atom stereocenters. The number of benzene rings is 3. The first-order valence-corrected chi connectivity index (χ1v) is 15.9. The summed E-state index contributed by atoms with van der Waals surface area (Å²) in [6.07, 6.45) is 1.70. The predicted molar refractivity (Wildman–Crippen MR) is 168 cm³/mol. The van der Waals surface area contributed by atoms with Crippen LogP contribution >= 0.6 is 27.5 Å².